The van der Waals surface area contributed by atoms with E-state index in [9.17, 15) is 19.3 Å². The lowest BCUT2D eigenvalue weighted by molar-refractivity contribution is -0.385. The third-order valence-corrected chi connectivity index (χ3v) is 3.50. The first-order valence-electron chi connectivity index (χ1n) is 6.55. The number of likely N-dealkylation sites (N-methyl/N-ethyl adjacent to an activating group) is 1. The molecule has 1 aliphatic heterocycles. The number of nitro benzene ring substituents is 1. The topological polar surface area (TPSA) is 95.7 Å². The van der Waals surface area contributed by atoms with Crippen molar-refractivity contribution in [1.82, 2.24) is 4.90 Å². The summed E-state index contributed by atoms with van der Waals surface area (Å²) in [5.41, 5.74) is -1.28. The molecule has 1 aromatic rings. The van der Waals surface area contributed by atoms with Gasteiger partial charge in [0.05, 0.1) is 16.7 Å². The van der Waals surface area contributed by atoms with Crippen molar-refractivity contribution in [2.75, 3.05) is 25.5 Å². The van der Waals surface area contributed by atoms with Gasteiger partial charge in [-0.3, -0.25) is 10.1 Å². The number of nitrogens with zero attached hydrogens (tertiary/aromatic N) is 2. The summed E-state index contributed by atoms with van der Waals surface area (Å²) in [6.45, 7) is 1.67. The minimum Gasteiger partial charge on any atom is -0.477 e. The molecular formula is C13H16FN3O4. The average Bonchev–Trinajstić information content (AvgIpc) is 2.40. The van der Waals surface area contributed by atoms with E-state index in [0.717, 1.165) is 25.5 Å². The van der Waals surface area contributed by atoms with Gasteiger partial charge in [0.2, 0.25) is 0 Å². The van der Waals surface area contributed by atoms with Crippen LogP contribution in [0.15, 0.2) is 12.1 Å². The third kappa shape index (κ3) is 3.46. The molecule has 0 aliphatic carbocycles. The Labute approximate surface area is 120 Å². The third-order valence-electron chi connectivity index (χ3n) is 3.50. The van der Waals surface area contributed by atoms with E-state index in [1.54, 1.807) is 0 Å². The number of anilines is 1. The van der Waals surface area contributed by atoms with Gasteiger partial charge < -0.3 is 15.3 Å². The first-order valence-corrected chi connectivity index (χ1v) is 6.55. The molecule has 1 saturated heterocycles. The predicted octanol–water partition coefficient (Wildman–Crippen LogP) is 1.94. The SMILES string of the molecule is CN1CCCC(Nc2cc(C(=O)O)c([N+](=O)[O-])cc2F)C1. The molecule has 1 aliphatic rings. The molecule has 7 nitrogen and oxygen atoms in total. The quantitative estimate of drug-likeness (QED) is 0.651. The molecule has 1 heterocycles. The van der Waals surface area contributed by atoms with Crippen LogP contribution in [-0.2, 0) is 0 Å². The molecule has 114 valence electrons. The van der Waals surface area contributed by atoms with Crippen LogP contribution in [0.25, 0.3) is 0 Å². The van der Waals surface area contributed by atoms with Crippen LogP contribution < -0.4 is 5.32 Å². The monoisotopic (exact) mass is 297 g/mol. The van der Waals surface area contributed by atoms with Crippen LogP contribution >= 0.6 is 0 Å². The predicted molar refractivity (Wildman–Crippen MR) is 74.2 cm³/mol. The summed E-state index contributed by atoms with van der Waals surface area (Å²) in [5.74, 6) is -2.27. The second-order valence-corrected chi connectivity index (χ2v) is 5.16. The normalized spacial score (nSPS) is 19.2. The average molecular weight is 297 g/mol. The number of likely N-dealkylation sites (tertiary alicyclic amines) is 1. The number of hydrogen-bond acceptors (Lipinski definition) is 5. The van der Waals surface area contributed by atoms with Crippen molar-refractivity contribution in [3.8, 4) is 0 Å². The Balaban J connectivity index is 2.29. The summed E-state index contributed by atoms with van der Waals surface area (Å²) in [5, 5.41) is 22.7. The van der Waals surface area contributed by atoms with Crippen LogP contribution in [0.2, 0.25) is 0 Å². The number of benzene rings is 1. The molecule has 8 heteroatoms. The summed E-state index contributed by atoms with van der Waals surface area (Å²) in [4.78, 5) is 23.0. The minimum atomic E-state index is -1.45. The van der Waals surface area contributed by atoms with Gasteiger partial charge >= 0.3 is 5.97 Å². The van der Waals surface area contributed by atoms with E-state index in [-0.39, 0.29) is 11.7 Å². The number of nitrogens with one attached hydrogen (secondary N) is 1. The van der Waals surface area contributed by atoms with E-state index in [2.05, 4.69) is 10.2 Å². The van der Waals surface area contributed by atoms with Gasteiger partial charge in [0.15, 0.2) is 5.82 Å². The molecule has 0 saturated carbocycles. The Morgan fingerprint density at radius 3 is 2.86 bits per heavy atom. The highest BCUT2D eigenvalue weighted by Crippen LogP contribution is 2.27. The Morgan fingerprint density at radius 1 is 1.57 bits per heavy atom. The molecule has 1 unspecified atom stereocenters. The van der Waals surface area contributed by atoms with E-state index in [1.807, 2.05) is 7.05 Å². The van der Waals surface area contributed by atoms with Gasteiger partial charge in [-0.1, -0.05) is 0 Å². The lowest BCUT2D eigenvalue weighted by atomic mass is 10.1. The largest absolute Gasteiger partial charge is 0.477 e. The Hall–Kier alpha value is -2.22. The maximum atomic E-state index is 13.9. The zero-order valence-electron chi connectivity index (χ0n) is 11.5. The van der Waals surface area contributed by atoms with E-state index >= 15 is 0 Å². The van der Waals surface area contributed by atoms with Gasteiger partial charge in [0.25, 0.3) is 5.69 Å². The first kappa shape index (κ1) is 15.2. The smallest absolute Gasteiger partial charge is 0.342 e. The maximum absolute atomic E-state index is 13.9. The molecule has 21 heavy (non-hydrogen) atoms. The van der Waals surface area contributed by atoms with Crippen LogP contribution in [0.5, 0.6) is 0 Å². The van der Waals surface area contributed by atoms with Crippen molar-refractivity contribution in [2.45, 2.75) is 18.9 Å². The Kier molecular flexibility index (Phi) is 4.37. The van der Waals surface area contributed by atoms with Crippen LogP contribution in [0.3, 0.4) is 0 Å². The van der Waals surface area contributed by atoms with Crippen molar-refractivity contribution in [3.05, 3.63) is 33.6 Å². The van der Waals surface area contributed by atoms with Crippen LogP contribution in [0, 0.1) is 15.9 Å². The highest BCUT2D eigenvalue weighted by Gasteiger charge is 2.25. The molecule has 0 spiro atoms. The molecule has 0 bridgehead atoms. The second kappa shape index (κ2) is 6.04. The molecule has 2 N–H and O–H groups in total. The highest BCUT2D eigenvalue weighted by atomic mass is 19.1. The molecule has 2 rings (SSSR count). The van der Waals surface area contributed by atoms with Gasteiger partial charge in [0, 0.05) is 12.6 Å². The van der Waals surface area contributed by atoms with Crippen molar-refractivity contribution >= 4 is 17.3 Å². The molecule has 0 amide bonds. The van der Waals surface area contributed by atoms with Crippen LogP contribution in [0.1, 0.15) is 23.2 Å². The standard InChI is InChI=1S/C13H16FN3O4/c1-16-4-2-3-8(7-16)15-11-5-9(13(18)19)12(17(20)21)6-10(11)14/h5-6,8,15H,2-4,7H2,1H3,(H,18,19). The Morgan fingerprint density at radius 2 is 2.29 bits per heavy atom. The van der Waals surface area contributed by atoms with Crippen molar-refractivity contribution in [3.63, 3.8) is 0 Å². The number of carboxylic acids is 1. The zero-order valence-corrected chi connectivity index (χ0v) is 11.5. The fourth-order valence-electron chi connectivity index (χ4n) is 2.50. The fraction of sp³-hybridized carbons (Fsp3) is 0.462. The summed E-state index contributed by atoms with van der Waals surface area (Å²) in [6.07, 6.45) is 1.79. The minimum absolute atomic E-state index is 0.0126. The number of carboxylic acid groups (broad SMARTS) is 1. The van der Waals surface area contributed by atoms with Crippen molar-refractivity contribution in [2.24, 2.45) is 0 Å². The number of rotatable bonds is 4. The maximum Gasteiger partial charge on any atom is 0.342 e. The van der Waals surface area contributed by atoms with Crippen molar-refractivity contribution < 1.29 is 19.2 Å². The Bertz CT molecular complexity index is 579. The number of hydrogen-bond donors (Lipinski definition) is 2. The summed E-state index contributed by atoms with van der Waals surface area (Å²) >= 11 is 0. The highest BCUT2D eigenvalue weighted by molar-refractivity contribution is 5.93. The van der Waals surface area contributed by atoms with E-state index < -0.39 is 28.0 Å². The van der Waals surface area contributed by atoms with Gasteiger partial charge in [-0.25, -0.2) is 9.18 Å². The summed E-state index contributed by atoms with van der Waals surface area (Å²) in [7, 11) is 1.95. The fourth-order valence-corrected chi connectivity index (χ4v) is 2.50. The van der Waals surface area contributed by atoms with Gasteiger partial charge in [-0.05, 0) is 32.5 Å². The number of carbonyl (C=O) groups is 1. The number of halogens is 1. The molecule has 0 radical (unpaired) electrons. The van der Waals surface area contributed by atoms with Gasteiger partial charge in [-0.2, -0.15) is 0 Å². The van der Waals surface area contributed by atoms with E-state index in [0.29, 0.717) is 12.6 Å². The number of piperidine rings is 1. The summed E-state index contributed by atoms with van der Waals surface area (Å²) in [6, 6.07) is 1.63. The lowest BCUT2D eigenvalue weighted by Crippen LogP contribution is -2.39. The molecular weight excluding hydrogens is 281 g/mol. The molecule has 1 aromatic carbocycles. The number of nitro groups is 1. The molecule has 1 atom stereocenters. The zero-order chi connectivity index (χ0) is 15.6. The lowest BCUT2D eigenvalue weighted by Gasteiger charge is -2.31. The van der Waals surface area contributed by atoms with Crippen LogP contribution in [0.4, 0.5) is 15.8 Å². The van der Waals surface area contributed by atoms with Gasteiger partial charge in [0.1, 0.15) is 5.56 Å². The molecule has 0 aromatic heterocycles. The summed E-state index contributed by atoms with van der Waals surface area (Å²) < 4.78 is 13.9. The second-order valence-electron chi connectivity index (χ2n) is 5.16. The van der Waals surface area contributed by atoms with E-state index in [4.69, 9.17) is 5.11 Å². The molecule has 1 fully saturated rings. The first-order chi connectivity index (χ1) is 9.88. The van der Waals surface area contributed by atoms with Crippen molar-refractivity contribution in [1.29, 1.82) is 0 Å². The number of aromatic carboxylic acids is 1. The van der Waals surface area contributed by atoms with Gasteiger partial charge in [-0.15, -0.1) is 0 Å². The van der Waals surface area contributed by atoms with E-state index in [1.165, 1.54) is 0 Å². The van der Waals surface area contributed by atoms with Crippen LogP contribution in [-0.4, -0.2) is 47.1 Å².